The maximum atomic E-state index is 11.1. The minimum atomic E-state index is -1.13. The number of aromatic carboxylic acids is 1. The molecule has 1 fully saturated rings. The van der Waals surface area contributed by atoms with Crippen molar-refractivity contribution in [3.63, 3.8) is 0 Å². The molecule has 1 aromatic rings. The zero-order valence-electron chi connectivity index (χ0n) is 8.47. The second-order valence-electron chi connectivity index (χ2n) is 3.67. The van der Waals surface area contributed by atoms with Crippen LogP contribution in [0.5, 0.6) is 5.75 Å². The van der Waals surface area contributed by atoms with Crippen molar-refractivity contribution in [2.75, 3.05) is 0 Å². The topological polar surface area (TPSA) is 89.6 Å². The molecule has 1 saturated carbocycles. The summed E-state index contributed by atoms with van der Waals surface area (Å²) in [6, 6.07) is 4.34. The lowest BCUT2D eigenvalue weighted by Crippen LogP contribution is -2.16. The van der Waals surface area contributed by atoms with Gasteiger partial charge in [-0.3, -0.25) is 4.79 Å². The highest BCUT2D eigenvalue weighted by Gasteiger charge is 2.28. The van der Waals surface area contributed by atoms with E-state index in [4.69, 9.17) is 15.6 Å². The number of carboxylic acids is 1. The van der Waals surface area contributed by atoms with Gasteiger partial charge in [0.15, 0.2) is 0 Å². The lowest BCUT2D eigenvalue weighted by molar-refractivity contribution is 0.0692. The number of carbonyl (C=O) groups is 2. The molecule has 0 bridgehead atoms. The normalized spacial score (nSPS) is 14.5. The first-order valence-electron chi connectivity index (χ1n) is 4.92. The molecule has 2 rings (SSSR count). The lowest BCUT2D eigenvalue weighted by Gasteiger charge is -2.11. The van der Waals surface area contributed by atoms with Gasteiger partial charge in [0.05, 0.1) is 11.7 Å². The molecule has 0 unspecified atom stereocenters. The number of hydrogen-bond donors (Lipinski definition) is 2. The molecular formula is C11H11NO4. The van der Waals surface area contributed by atoms with Gasteiger partial charge >= 0.3 is 5.97 Å². The van der Waals surface area contributed by atoms with Crippen LogP contribution in [-0.2, 0) is 0 Å². The standard InChI is InChI=1S/C11H11NO4/c12-10(13)7-2-1-3-8(11(14)15)9(7)16-6-4-5-6/h1-3,6H,4-5H2,(H2,12,13)(H,14,15). The molecule has 1 aliphatic rings. The Balaban J connectivity index is 2.47. The Morgan fingerprint density at radius 3 is 2.44 bits per heavy atom. The number of para-hydroxylation sites is 1. The predicted octanol–water partition coefficient (Wildman–Crippen LogP) is 1.02. The van der Waals surface area contributed by atoms with E-state index in [1.165, 1.54) is 18.2 Å². The Hall–Kier alpha value is -2.04. The fraction of sp³-hybridized carbons (Fsp3) is 0.273. The highest BCUT2D eigenvalue weighted by Crippen LogP contribution is 2.31. The first-order valence-corrected chi connectivity index (χ1v) is 4.92. The van der Waals surface area contributed by atoms with E-state index in [1.54, 1.807) is 0 Å². The molecular weight excluding hydrogens is 210 g/mol. The van der Waals surface area contributed by atoms with E-state index in [1.807, 2.05) is 0 Å². The van der Waals surface area contributed by atoms with Crippen LogP contribution in [-0.4, -0.2) is 23.1 Å². The van der Waals surface area contributed by atoms with Crippen LogP contribution in [0.2, 0.25) is 0 Å². The second-order valence-corrected chi connectivity index (χ2v) is 3.67. The number of primary amides is 1. The van der Waals surface area contributed by atoms with Crippen molar-refractivity contribution in [1.29, 1.82) is 0 Å². The molecule has 1 aliphatic carbocycles. The van der Waals surface area contributed by atoms with Crippen LogP contribution >= 0.6 is 0 Å². The monoisotopic (exact) mass is 221 g/mol. The first-order chi connectivity index (χ1) is 7.59. The second kappa shape index (κ2) is 3.84. The summed E-state index contributed by atoms with van der Waals surface area (Å²) in [7, 11) is 0. The number of carboxylic acid groups (broad SMARTS) is 1. The summed E-state index contributed by atoms with van der Waals surface area (Å²) in [5.74, 6) is -1.72. The highest BCUT2D eigenvalue weighted by molar-refractivity contribution is 6.01. The van der Waals surface area contributed by atoms with E-state index in [0.29, 0.717) is 0 Å². The number of carbonyl (C=O) groups excluding carboxylic acids is 1. The van der Waals surface area contributed by atoms with Gasteiger partial charge in [-0.1, -0.05) is 6.07 Å². The van der Waals surface area contributed by atoms with E-state index in [-0.39, 0.29) is 23.0 Å². The molecule has 0 atom stereocenters. The summed E-state index contributed by atoms with van der Waals surface area (Å²) in [5.41, 5.74) is 5.26. The van der Waals surface area contributed by atoms with Gasteiger partial charge in [0.25, 0.3) is 5.91 Å². The van der Waals surface area contributed by atoms with Gasteiger partial charge in [-0.15, -0.1) is 0 Å². The molecule has 0 spiro atoms. The van der Waals surface area contributed by atoms with Crippen molar-refractivity contribution in [2.24, 2.45) is 5.73 Å². The minimum Gasteiger partial charge on any atom is -0.489 e. The van der Waals surface area contributed by atoms with Crippen molar-refractivity contribution in [3.8, 4) is 5.75 Å². The van der Waals surface area contributed by atoms with Crippen LogP contribution in [0.15, 0.2) is 18.2 Å². The van der Waals surface area contributed by atoms with Gasteiger partial charge < -0.3 is 15.6 Å². The third kappa shape index (κ3) is 1.98. The van der Waals surface area contributed by atoms with E-state index in [9.17, 15) is 9.59 Å². The SMILES string of the molecule is NC(=O)c1cccc(C(=O)O)c1OC1CC1. The van der Waals surface area contributed by atoms with Crippen molar-refractivity contribution < 1.29 is 19.4 Å². The molecule has 0 aliphatic heterocycles. The van der Waals surface area contributed by atoms with Crippen molar-refractivity contribution in [2.45, 2.75) is 18.9 Å². The summed E-state index contributed by atoms with van der Waals surface area (Å²) in [6.45, 7) is 0. The van der Waals surface area contributed by atoms with Gasteiger partial charge in [-0.25, -0.2) is 4.79 Å². The molecule has 0 saturated heterocycles. The molecule has 0 heterocycles. The number of rotatable bonds is 4. The van der Waals surface area contributed by atoms with Crippen LogP contribution in [0, 0.1) is 0 Å². The number of hydrogen-bond acceptors (Lipinski definition) is 3. The minimum absolute atomic E-state index is 0.0126. The van der Waals surface area contributed by atoms with E-state index >= 15 is 0 Å². The zero-order chi connectivity index (χ0) is 11.7. The Labute approximate surface area is 91.8 Å². The van der Waals surface area contributed by atoms with Gasteiger partial charge in [0, 0.05) is 0 Å². The summed E-state index contributed by atoms with van der Waals surface area (Å²) >= 11 is 0. The van der Waals surface area contributed by atoms with Crippen molar-refractivity contribution >= 4 is 11.9 Å². The van der Waals surface area contributed by atoms with E-state index in [2.05, 4.69) is 0 Å². The smallest absolute Gasteiger partial charge is 0.339 e. The van der Waals surface area contributed by atoms with Gasteiger partial charge in [-0.05, 0) is 25.0 Å². The molecule has 0 radical (unpaired) electrons. The van der Waals surface area contributed by atoms with Crippen LogP contribution in [0.1, 0.15) is 33.6 Å². The van der Waals surface area contributed by atoms with Crippen molar-refractivity contribution in [3.05, 3.63) is 29.3 Å². The predicted molar refractivity (Wildman–Crippen MR) is 55.6 cm³/mol. The fourth-order valence-corrected chi connectivity index (χ4v) is 1.38. The average Bonchev–Trinajstić information content (AvgIpc) is 3.01. The summed E-state index contributed by atoms with van der Waals surface area (Å²) in [5, 5.41) is 8.97. The fourth-order valence-electron chi connectivity index (χ4n) is 1.38. The molecule has 16 heavy (non-hydrogen) atoms. The van der Waals surface area contributed by atoms with E-state index in [0.717, 1.165) is 12.8 Å². The summed E-state index contributed by atoms with van der Waals surface area (Å²) < 4.78 is 5.43. The van der Waals surface area contributed by atoms with E-state index < -0.39 is 11.9 Å². The zero-order valence-corrected chi connectivity index (χ0v) is 8.47. The molecule has 5 heteroatoms. The quantitative estimate of drug-likeness (QED) is 0.794. The summed E-state index contributed by atoms with van der Waals surface area (Å²) in [4.78, 5) is 22.1. The summed E-state index contributed by atoms with van der Waals surface area (Å²) in [6.07, 6.45) is 1.77. The molecule has 5 nitrogen and oxygen atoms in total. The number of nitrogens with two attached hydrogens (primary N) is 1. The Morgan fingerprint density at radius 2 is 1.94 bits per heavy atom. The molecule has 0 aromatic heterocycles. The largest absolute Gasteiger partial charge is 0.489 e. The Morgan fingerprint density at radius 1 is 1.31 bits per heavy atom. The molecule has 1 amide bonds. The highest BCUT2D eigenvalue weighted by atomic mass is 16.5. The maximum Gasteiger partial charge on any atom is 0.339 e. The van der Waals surface area contributed by atoms with Crippen LogP contribution in [0.4, 0.5) is 0 Å². The number of amides is 1. The van der Waals surface area contributed by atoms with Gasteiger partial charge in [0.1, 0.15) is 11.3 Å². The lowest BCUT2D eigenvalue weighted by atomic mass is 10.1. The van der Waals surface area contributed by atoms with Gasteiger partial charge in [-0.2, -0.15) is 0 Å². The number of benzene rings is 1. The molecule has 84 valence electrons. The Kier molecular flexibility index (Phi) is 2.52. The maximum absolute atomic E-state index is 11.1. The van der Waals surface area contributed by atoms with Gasteiger partial charge in [0.2, 0.25) is 0 Å². The third-order valence-electron chi connectivity index (χ3n) is 2.32. The Bertz CT molecular complexity index is 419. The van der Waals surface area contributed by atoms with Crippen LogP contribution in [0.25, 0.3) is 0 Å². The molecule has 3 N–H and O–H groups in total. The first kappa shape index (κ1) is 10.5. The third-order valence-corrected chi connectivity index (χ3v) is 2.32. The average molecular weight is 221 g/mol. The van der Waals surface area contributed by atoms with Crippen molar-refractivity contribution in [1.82, 2.24) is 0 Å². The molecule has 1 aromatic carbocycles. The van der Waals surface area contributed by atoms with Crippen LogP contribution < -0.4 is 10.5 Å². The van der Waals surface area contributed by atoms with Crippen LogP contribution in [0.3, 0.4) is 0 Å². The number of ether oxygens (including phenoxy) is 1.